The van der Waals surface area contributed by atoms with Crippen LogP contribution in [-0.2, 0) is 0 Å². The molecule has 3 heterocycles. The molecule has 0 radical (unpaired) electrons. The Morgan fingerprint density at radius 1 is 0.311 bits per heavy atom. The van der Waals surface area contributed by atoms with Gasteiger partial charge in [-0.2, -0.15) is 0 Å². The minimum atomic E-state index is 0.847. The zero-order valence-electron chi connectivity index (χ0n) is 33.2. The van der Waals surface area contributed by atoms with E-state index < -0.39 is 0 Å². The van der Waals surface area contributed by atoms with Crippen molar-refractivity contribution in [2.24, 2.45) is 0 Å². The summed E-state index contributed by atoms with van der Waals surface area (Å²) in [4.78, 5) is 7.25. The molecule has 0 aliphatic rings. The summed E-state index contributed by atoms with van der Waals surface area (Å²) in [5, 5.41) is 7.31. The fraction of sp³-hybridized carbons (Fsp3) is 0. The highest BCUT2D eigenvalue weighted by Crippen LogP contribution is 2.43. The van der Waals surface area contributed by atoms with Crippen LogP contribution < -0.4 is 4.90 Å². The molecule has 0 spiro atoms. The number of hydrogen-bond acceptors (Lipinski definition) is 2. The minimum Gasteiger partial charge on any atom is -0.309 e. The Hall–Kier alpha value is -8.21. The lowest BCUT2D eigenvalue weighted by Gasteiger charge is -2.26. The standard InChI is InChI=1S/C57H38N4/c1-3-17-45(18-4-1)60-53-23-11-9-21-49(53)51-30-27-41(37-55(51)60)43-33-44(42-28-31-52-50-22-10-12-24-54(50)61(56(52)38-42)46-19-5-2-6-20-46)36-48(35-43)59(57-25-13-14-32-58-57)47-29-26-39-15-7-8-16-40(39)34-47/h1-38H. The van der Waals surface area contributed by atoms with Gasteiger partial charge in [0.15, 0.2) is 0 Å². The van der Waals surface area contributed by atoms with Crippen molar-refractivity contribution in [1.82, 2.24) is 14.1 Å². The Morgan fingerprint density at radius 2 is 0.820 bits per heavy atom. The SMILES string of the molecule is c1ccc(-n2c3ccccc3c3ccc(-c4cc(-c5ccc6c7ccccc7n(-c7ccccc7)c6c5)cc(N(c5ccc6ccccc6c5)c5ccccn5)c4)cc32)cc1. The summed E-state index contributed by atoms with van der Waals surface area (Å²) in [6.45, 7) is 0. The highest BCUT2D eigenvalue weighted by molar-refractivity contribution is 6.11. The van der Waals surface area contributed by atoms with Crippen LogP contribution in [0.5, 0.6) is 0 Å². The molecule has 4 heteroatoms. The molecule has 0 amide bonds. The van der Waals surface area contributed by atoms with Crippen molar-refractivity contribution in [2.75, 3.05) is 4.90 Å². The third-order valence-electron chi connectivity index (χ3n) is 12.1. The molecular weight excluding hydrogens is 741 g/mol. The fourth-order valence-electron chi connectivity index (χ4n) is 9.30. The van der Waals surface area contributed by atoms with Crippen LogP contribution in [0.4, 0.5) is 17.2 Å². The molecule has 3 aromatic heterocycles. The molecule has 61 heavy (non-hydrogen) atoms. The Morgan fingerprint density at radius 3 is 1.39 bits per heavy atom. The first-order valence-corrected chi connectivity index (χ1v) is 20.8. The number of hydrogen-bond donors (Lipinski definition) is 0. The maximum atomic E-state index is 4.96. The van der Waals surface area contributed by atoms with Crippen molar-refractivity contribution in [2.45, 2.75) is 0 Å². The van der Waals surface area contributed by atoms with E-state index in [2.05, 4.69) is 232 Å². The molecule has 4 nitrogen and oxygen atoms in total. The molecule has 286 valence electrons. The van der Waals surface area contributed by atoms with E-state index in [0.717, 1.165) is 50.8 Å². The molecule has 0 saturated carbocycles. The van der Waals surface area contributed by atoms with Gasteiger partial charge in [-0.15, -0.1) is 0 Å². The quantitative estimate of drug-likeness (QED) is 0.161. The Kier molecular flexibility index (Phi) is 8.13. The van der Waals surface area contributed by atoms with E-state index in [1.807, 2.05) is 12.3 Å². The Labute approximate surface area is 353 Å². The second-order valence-electron chi connectivity index (χ2n) is 15.7. The van der Waals surface area contributed by atoms with Crippen LogP contribution in [0.2, 0.25) is 0 Å². The molecule has 0 fully saturated rings. The fourth-order valence-corrected chi connectivity index (χ4v) is 9.30. The molecule has 0 N–H and O–H groups in total. The first kappa shape index (κ1) is 34.8. The van der Waals surface area contributed by atoms with E-state index in [1.165, 1.54) is 54.4 Å². The van der Waals surface area contributed by atoms with Gasteiger partial charge in [0.05, 0.1) is 22.1 Å². The van der Waals surface area contributed by atoms with E-state index in [-0.39, 0.29) is 0 Å². The van der Waals surface area contributed by atoms with Gasteiger partial charge in [-0.1, -0.05) is 133 Å². The zero-order valence-corrected chi connectivity index (χ0v) is 33.2. The molecule has 0 bridgehead atoms. The van der Waals surface area contributed by atoms with Gasteiger partial charge in [0, 0.05) is 50.5 Å². The highest BCUT2D eigenvalue weighted by atomic mass is 15.2. The minimum absolute atomic E-state index is 0.847. The van der Waals surface area contributed by atoms with Crippen molar-refractivity contribution >= 4 is 71.6 Å². The lowest BCUT2D eigenvalue weighted by atomic mass is 9.96. The summed E-state index contributed by atoms with van der Waals surface area (Å²) < 4.78 is 4.79. The second-order valence-corrected chi connectivity index (χ2v) is 15.7. The predicted molar refractivity (Wildman–Crippen MR) is 256 cm³/mol. The molecule has 12 aromatic rings. The van der Waals surface area contributed by atoms with Gasteiger partial charge < -0.3 is 9.13 Å². The summed E-state index contributed by atoms with van der Waals surface area (Å²) in [5.74, 6) is 0.847. The van der Waals surface area contributed by atoms with Gasteiger partial charge >= 0.3 is 0 Å². The maximum absolute atomic E-state index is 4.96. The number of para-hydroxylation sites is 4. The lowest BCUT2D eigenvalue weighted by molar-refractivity contribution is 1.18. The predicted octanol–water partition coefficient (Wildman–Crippen LogP) is 15.2. The van der Waals surface area contributed by atoms with Crippen molar-refractivity contribution < 1.29 is 0 Å². The monoisotopic (exact) mass is 778 g/mol. The first-order valence-electron chi connectivity index (χ1n) is 20.8. The third-order valence-corrected chi connectivity index (χ3v) is 12.1. The summed E-state index contributed by atoms with van der Waals surface area (Å²) in [6, 6.07) is 81.0. The third kappa shape index (κ3) is 5.88. The van der Waals surface area contributed by atoms with Gasteiger partial charge in [0.25, 0.3) is 0 Å². The number of pyridine rings is 1. The van der Waals surface area contributed by atoms with Gasteiger partial charge in [0.1, 0.15) is 5.82 Å². The molecule has 0 saturated heterocycles. The largest absolute Gasteiger partial charge is 0.309 e. The van der Waals surface area contributed by atoms with Crippen LogP contribution in [0.25, 0.3) is 88.0 Å². The number of aromatic nitrogens is 3. The average molecular weight is 779 g/mol. The molecule has 0 aliphatic heterocycles. The summed E-state index contributed by atoms with van der Waals surface area (Å²) in [7, 11) is 0. The van der Waals surface area contributed by atoms with Gasteiger partial charge in [-0.3, -0.25) is 4.90 Å². The second kappa shape index (κ2) is 14.3. The van der Waals surface area contributed by atoms with Crippen molar-refractivity contribution in [3.63, 3.8) is 0 Å². The van der Waals surface area contributed by atoms with Crippen LogP contribution in [0.1, 0.15) is 0 Å². The maximum Gasteiger partial charge on any atom is 0.137 e. The van der Waals surface area contributed by atoms with Crippen molar-refractivity contribution in [3.05, 3.63) is 231 Å². The van der Waals surface area contributed by atoms with Crippen molar-refractivity contribution in [3.8, 4) is 33.6 Å². The Balaban J connectivity index is 1.12. The molecular formula is C57H38N4. The number of fused-ring (bicyclic) bond motifs is 7. The molecule has 12 rings (SSSR count). The first-order chi connectivity index (χ1) is 30.2. The van der Waals surface area contributed by atoms with Gasteiger partial charge in [-0.05, 0) is 124 Å². The van der Waals surface area contributed by atoms with E-state index in [9.17, 15) is 0 Å². The molecule has 0 atom stereocenters. The Bertz CT molecular complexity index is 3410. The van der Waals surface area contributed by atoms with E-state index >= 15 is 0 Å². The van der Waals surface area contributed by atoms with E-state index in [1.54, 1.807) is 0 Å². The van der Waals surface area contributed by atoms with Crippen LogP contribution in [0.15, 0.2) is 231 Å². The average Bonchev–Trinajstić information content (AvgIpc) is 3.84. The summed E-state index contributed by atoms with van der Waals surface area (Å²) in [5.41, 5.74) is 13.6. The van der Waals surface area contributed by atoms with E-state index in [0.29, 0.717) is 0 Å². The van der Waals surface area contributed by atoms with Crippen LogP contribution in [0.3, 0.4) is 0 Å². The zero-order chi connectivity index (χ0) is 40.3. The molecule has 0 unspecified atom stereocenters. The molecule has 9 aromatic carbocycles. The van der Waals surface area contributed by atoms with E-state index in [4.69, 9.17) is 4.98 Å². The van der Waals surface area contributed by atoms with Crippen molar-refractivity contribution in [1.29, 1.82) is 0 Å². The molecule has 0 aliphatic carbocycles. The normalized spacial score (nSPS) is 11.6. The van der Waals surface area contributed by atoms with Gasteiger partial charge in [0.2, 0.25) is 0 Å². The number of anilines is 3. The van der Waals surface area contributed by atoms with Crippen LogP contribution in [0, 0.1) is 0 Å². The number of nitrogens with zero attached hydrogens (tertiary/aromatic N) is 4. The number of rotatable bonds is 7. The highest BCUT2D eigenvalue weighted by Gasteiger charge is 2.20. The summed E-state index contributed by atoms with van der Waals surface area (Å²) in [6.07, 6.45) is 1.88. The van der Waals surface area contributed by atoms with Crippen LogP contribution in [-0.4, -0.2) is 14.1 Å². The smallest absolute Gasteiger partial charge is 0.137 e. The number of benzene rings is 9. The topological polar surface area (TPSA) is 26.0 Å². The van der Waals surface area contributed by atoms with Crippen LogP contribution >= 0.6 is 0 Å². The van der Waals surface area contributed by atoms with Gasteiger partial charge in [-0.25, -0.2) is 4.98 Å². The summed E-state index contributed by atoms with van der Waals surface area (Å²) >= 11 is 0. The lowest BCUT2D eigenvalue weighted by Crippen LogP contribution is -2.11.